The molecule has 9 heteroatoms. The summed E-state index contributed by atoms with van der Waals surface area (Å²) in [6.45, 7) is 5.80. The molecule has 3 aromatic carbocycles. The zero-order chi connectivity index (χ0) is 23.6. The summed E-state index contributed by atoms with van der Waals surface area (Å²) in [5.41, 5.74) is -0.526. The maximum atomic E-state index is 13.3. The molecule has 3 aromatic rings. The first-order valence-electron chi connectivity index (χ1n) is 9.31. The standard InChI is InChI=1S/C22H19F6.2ClH.Zr/c1-4-13-5-6-14-7-15(12(2)3)10-19(14)20(13)16-8-17(21(23,24)25)11-18(9-16)22(26,27)28;;;/h5-12H,4H2,1-3H3;2*1H;/q-1;;;+2/p-2. The van der Waals surface area contributed by atoms with Crippen LogP contribution in [0.3, 0.4) is 0 Å². The van der Waals surface area contributed by atoms with Gasteiger partial charge in [-0.3, -0.25) is 0 Å². The zero-order valence-electron chi connectivity index (χ0n) is 16.8. The quantitative estimate of drug-likeness (QED) is 0.222. The van der Waals surface area contributed by atoms with Gasteiger partial charge in [0, 0.05) is 0 Å². The van der Waals surface area contributed by atoms with Gasteiger partial charge in [0.2, 0.25) is 0 Å². The van der Waals surface area contributed by atoms with E-state index in [-0.39, 0.29) is 17.5 Å². The summed E-state index contributed by atoms with van der Waals surface area (Å²) in [6, 6.07) is 9.22. The van der Waals surface area contributed by atoms with E-state index in [9.17, 15) is 26.3 Å². The van der Waals surface area contributed by atoms with Crippen molar-refractivity contribution in [2.75, 3.05) is 0 Å². The van der Waals surface area contributed by atoms with E-state index in [0.29, 0.717) is 22.9 Å². The number of alkyl halides is 6. The van der Waals surface area contributed by atoms with Crippen LogP contribution in [0.15, 0.2) is 42.5 Å². The third-order valence-electron chi connectivity index (χ3n) is 4.92. The van der Waals surface area contributed by atoms with Crippen molar-refractivity contribution in [1.82, 2.24) is 0 Å². The van der Waals surface area contributed by atoms with Gasteiger partial charge >= 0.3 is 50.2 Å². The van der Waals surface area contributed by atoms with Gasteiger partial charge in [0.25, 0.3) is 0 Å². The van der Waals surface area contributed by atoms with E-state index in [1.807, 2.05) is 39.0 Å². The molecule has 0 atom stereocenters. The van der Waals surface area contributed by atoms with Crippen molar-refractivity contribution in [2.24, 2.45) is 0 Å². The molecule has 0 unspecified atom stereocenters. The number of hydrogen-bond acceptors (Lipinski definition) is 0. The Morgan fingerprint density at radius 1 is 0.903 bits per heavy atom. The van der Waals surface area contributed by atoms with Crippen molar-refractivity contribution in [3.05, 3.63) is 64.7 Å². The second kappa shape index (κ2) is 10.4. The molecule has 0 spiro atoms. The van der Waals surface area contributed by atoms with Crippen LogP contribution < -0.4 is 0 Å². The van der Waals surface area contributed by atoms with E-state index in [4.69, 9.17) is 17.0 Å². The Balaban J connectivity index is 0.00000107. The summed E-state index contributed by atoms with van der Waals surface area (Å²) in [7, 11) is 9.87. The van der Waals surface area contributed by atoms with Gasteiger partial charge in [-0.2, -0.15) is 32.4 Å². The van der Waals surface area contributed by atoms with Gasteiger partial charge in [0.1, 0.15) is 0 Å². The molecule has 0 saturated carbocycles. The van der Waals surface area contributed by atoms with Gasteiger partial charge in [0.05, 0.1) is 11.1 Å². The van der Waals surface area contributed by atoms with Gasteiger partial charge in [-0.1, -0.05) is 31.9 Å². The zero-order valence-corrected chi connectivity index (χ0v) is 20.8. The molecule has 0 aliphatic rings. The molecule has 0 aromatic heterocycles. The Kier molecular flexibility index (Phi) is 8.80. The van der Waals surface area contributed by atoms with Crippen molar-refractivity contribution >= 4 is 27.8 Å². The predicted molar refractivity (Wildman–Crippen MR) is 110 cm³/mol. The van der Waals surface area contributed by atoms with Crippen LogP contribution in [-0.2, 0) is 39.6 Å². The number of hydrogen-bond donors (Lipinski definition) is 0. The van der Waals surface area contributed by atoms with Gasteiger partial charge in [-0.25, -0.2) is 0 Å². The maximum absolute atomic E-state index is 13.3. The van der Waals surface area contributed by atoms with Crippen molar-refractivity contribution < 1.29 is 47.2 Å². The fourth-order valence-electron chi connectivity index (χ4n) is 3.42. The molecule has 168 valence electrons. The van der Waals surface area contributed by atoms with Gasteiger partial charge < -0.3 is 0 Å². The average Bonchev–Trinajstić information content (AvgIpc) is 3.10. The second-order valence-corrected chi connectivity index (χ2v) is 11.0. The van der Waals surface area contributed by atoms with Crippen molar-refractivity contribution in [1.29, 1.82) is 0 Å². The summed E-state index contributed by atoms with van der Waals surface area (Å²) in [4.78, 5) is 0. The molecule has 0 heterocycles. The monoisotopic (exact) mass is 557 g/mol. The van der Waals surface area contributed by atoms with Crippen LogP contribution in [0.4, 0.5) is 26.3 Å². The Hall–Kier alpha value is -0.907. The van der Waals surface area contributed by atoms with Crippen molar-refractivity contribution in [3.63, 3.8) is 0 Å². The third-order valence-corrected chi connectivity index (χ3v) is 4.92. The molecule has 0 radical (unpaired) electrons. The van der Waals surface area contributed by atoms with Crippen LogP contribution in [0.5, 0.6) is 0 Å². The number of halogens is 8. The van der Waals surface area contributed by atoms with Crippen molar-refractivity contribution in [3.8, 4) is 11.1 Å². The Morgan fingerprint density at radius 2 is 1.42 bits per heavy atom. The molecule has 0 saturated heterocycles. The summed E-state index contributed by atoms with van der Waals surface area (Å²) in [6.07, 6.45) is -9.25. The normalized spacial score (nSPS) is 12.1. The Labute approximate surface area is 195 Å². The molecule has 3 rings (SSSR count). The van der Waals surface area contributed by atoms with Crippen LogP contribution in [0, 0.1) is 0 Å². The molecule has 0 bridgehead atoms. The predicted octanol–water partition coefficient (Wildman–Crippen LogP) is 9.33. The summed E-state index contributed by atoms with van der Waals surface area (Å²) in [5, 5.41) is 1.48. The SMILES string of the molecule is CCc1ccc2[cH-]c(C(C)C)cc2c1-c1cc(C(F)(F)F)cc(C(F)(F)F)c1.[Cl][Zr][Cl]. The van der Waals surface area contributed by atoms with Crippen LogP contribution in [-0.4, -0.2) is 0 Å². The van der Waals surface area contributed by atoms with E-state index in [2.05, 4.69) is 0 Å². The first kappa shape index (κ1) is 26.3. The fourth-order valence-corrected chi connectivity index (χ4v) is 3.42. The van der Waals surface area contributed by atoms with Crippen LogP contribution in [0.1, 0.15) is 48.9 Å². The number of fused-ring (bicyclic) bond motifs is 1. The Bertz CT molecular complexity index is 1000. The minimum absolute atomic E-state index is 0.0643. The second-order valence-electron chi connectivity index (χ2n) is 7.27. The Morgan fingerprint density at radius 3 is 1.84 bits per heavy atom. The van der Waals surface area contributed by atoms with E-state index in [1.54, 1.807) is 6.07 Å². The van der Waals surface area contributed by atoms with E-state index >= 15 is 0 Å². The van der Waals surface area contributed by atoms with Crippen LogP contribution in [0.2, 0.25) is 0 Å². The van der Waals surface area contributed by atoms with E-state index < -0.39 is 44.3 Å². The van der Waals surface area contributed by atoms with Crippen LogP contribution >= 0.6 is 17.0 Å². The van der Waals surface area contributed by atoms with Crippen LogP contribution in [0.25, 0.3) is 21.9 Å². The van der Waals surface area contributed by atoms with Gasteiger partial charge in [-0.05, 0) is 36.1 Å². The molecule has 0 nitrogen and oxygen atoms in total. The number of rotatable bonds is 3. The van der Waals surface area contributed by atoms with Gasteiger partial charge in [0.15, 0.2) is 0 Å². The average molecular weight is 560 g/mol. The molecule has 0 amide bonds. The molecule has 0 aliphatic carbocycles. The first-order valence-corrected chi connectivity index (χ1v) is 15.6. The molecule has 0 fully saturated rings. The fraction of sp³-hybridized carbons (Fsp3) is 0.318. The van der Waals surface area contributed by atoms with Crippen molar-refractivity contribution in [2.45, 2.75) is 45.5 Å². The number of benzene rings is 2. The van der Waals surface area contributed by atoms with E-state index in [1.165, 1.54) is 0 Å². The minimum atomic E-state index is -4.87. The number of aryl methyl sites for hydroxylation is 1. The summed E-state index contributed by atoms with van der Waals surface area (Å²) in [5.74, 6) is 0.192. The molecule has 0 aliphatic heterocycles. The molecular formula is C22H19Cl2F6Zr-. The van der Waals surface area contributed by atoms with Gasteiger partial charge in [-0.15, -0.1) is 34.5 Å². The molecular weight excluding hydrogens is 540 g/mol. The molecule has 0 N–H and O–H groups in total. The summed E-state index contributed by atoms with van der Waals surface area (Å²) >= 11 is -0.826. The van der Waals surface area contributed by atoms with E-state index in [0.717, 1.165) is 23.1 Å². The summed E-state index contributed by atoms with van der Waals surface area (Å²) < 4.78 is 79.7. The third kappa shape index (κ3) is 6.33. The first-order chi connectivity index (χ1) is 14.3. The molecule has 31 heavy (non-hydrogen) atoms. The topological polar surface area (TPSA) is 0 Å².